The Balaban J connectivity index is 1.67. The Labute approximate surface area is 116 Å². The SMILES string of the molecule is CN1CCCC(n2ccnc2NC2CCCCC2)C1. The van der Waals surface area contributed by atoms with E-state index in [1.54, 1.807) is 0 Å². The summed E-state index contributed by atoms with van der Waals surface area (Å²) in [4.78, 5) is 6.97. The molecule has 0 aromatic carbocycles. The number of piperidine rings is 1. The predicted octanol–water partition coefficient (Wildman–Crippen LogP) is 2.89. The van der Waals surface area contributed by atoms with E-state index >= 15 is 0 Å². The third-order valence-electron chi connectivity index (χ3n) is 4.60. The number of rotatable bonds is 3. The molecule has 1 saturated heterocycles. The summed E-state index contributed by atoms with van der Waals surface area (Å²) in [5.41, 5.74) is 0. The molecule has 1 aliphatic heterocycles. The van der Waals surface area contributed by atoms with Gasteiger partial charge in [-0.25, -0.2) is 4.98 Å². The van der Waals surface area contributed by atoms with Gasteiger partial charge in [-0.3, -0.25) is 0 Å². The van der Waals surface area contributed by atoms with Gasteiger partial charge >= 0.3 is 0 Å². The summed E-state index contributed by atoms with van der Waals surface area (Å²) in [5.74, 6) is 1.09. The zero-order valence-corrected chi connectivity index (χ0v) is 12.0. The van der Waals surface area contributed by atoms with E-state index in [9.17, 15) is 0 Å². The van der Waals surface area contributed by atoms with Crippen molar-refractivity contribution in [3.8, 4) is 0 Å². The lowest BCUT2D eigenvalue weighted by molar-refractivity contribution is 0.213. The smallest absolute Gasteiger partial charge is 0.203 e. The molecule has 1 N–H and O–H groups in total. The monoisotopic (exact) mass is 262 g/mol. The second-order valence-corrected chi connectivity index (χ2v) is 6.20. The summed E-state index contributed by atoms with van der Waals surface area (Å²) in [5, 5.41) is 3.67. The number of hydrogen-bond acceptors (Lipinski definition) is 3. The molecule has 4 nitrogen and oxygen atoms in total. The molecule has 1 saturated carbocycles. The third-order valence-corrected chi connectivity index (χ3v) is 4.60. The van der Waals surface area contributed by atoms with Crippen LogP contribution in [0.15, 0.2) is 12.4 Å². The minimum absolute atomic E-state index is 0.590. The van der Waals surface area contributed by atoms with Gasteiger partial charge in [-0.05, 0) is 39.3 Å². The molecule has 19 heavy (non-hydrogen) atoms. The van der Waals surface area contributed by atoms with Crippen molar-refractivity contribution >= 4 is 5.95 Å². The van der Waals surface area contributed by atoms with Gasteiger partial charge < -0.3 is 14.8 Å². The standard InChI is InChI=1S/C15H26N4/c1-18-10-5-8-14(12-18)19-11-9-16-15(19)17-13-6-3-2-4-7-13/h9,11,13-14H,2-8,10,12H2,1H3,(H,16,17). The van der Waals surface area contributed by atoms with Gasteiger partial charge in [0.25, 0.3) is 0 Å². The van der Waals surface area contributed by atoms with E-state index in [0.29, 0.717) is 12.1 Å². The van der Waals surface area contributed by atoms with Gasteiger partial charge in [-0.15, -0.1) is 0 Å². The van der Waals surface area contributed by atoms with Crippen LogP contribution in [0, 0.1) is 0 Å². The van der Waals surface area contributed by atoms with Gasteiger partial charge in [-0.2, -0.15) is 0 Å². The van der Waals surface area contributed by atoms with Crippen LogP contribution in [-0.4, -0.2) is 40.6 Å². The highest BCUT2D eigenvalue weighted by atomic mass is 15.2. The fourth-order valence-corrected chi connectivity index (χ4v) is 3.52. The molecule has 2 heterocycles. The Kier molecular flexibility index (Phi) is 4.06. The van der Waals surface area contributed by atoms with Crippen LogP contribution < -0.4 is 5.32 Å². The maximum Gasteiger partial charge on any atom is 0.203 e. The molecule has 1 aliphatic carbocycles. The molecule has 2 aliphatic rings. The maximum absolute atomic E-state index is 4.54. The van der Waals surface area contributed by atoms with Crippen molar-refractivity contribution < 1.29 is 0 Å². The highest BCUT2D eigenvalue weighted by Gasteiger charge is 2.22. The van der Waals surface area contributed by atoms with Gasteiger partial charge in [0.05, 0.1) is 0 Å². The van der Waals surface area contributed by atoms with Crippen molar-refractivity contribution in [2.75, 3.05) is 25.5 Å². The van der Waals surface area contributed by atoms with E-state index in [4.69, 9.17) is 0 Å². The van der Waals surface area contributed by atoms with E-state index < -0.39 is 0 Å². The zero-order chi connectivity index (χ0) is 13.1. The van der Waals surface area contributed by atoms with Gasteiger partial charge in [0.15, 0.2) is 0 Å². The molecule has 1 atom stereocenters. The molecule has 106 valence electrons. The van der Waals surface area contributed by atoms with Crippen molar-refractivity contribution in [3.05, 3.63) is 12.4 Å². The molecular formula is C15H26N4. The fraction of sp³-hybridized carbons (Fsp3) is 0.800. The molecule has 0 amide bonds. The lowest BCUT2D eigenvalue weighted by Gasteiger charge is -2.32. The number of likely N-dealkylation sites (N-methyl/N-ethyl adjacent to an activating group) is 1. The van der Waals surface area contributed by atoms with E-state index in [1.165, 1.54) is 51.5 Å². The van der Waals surface area contributed by atoms with E-state index in [2.05, 4.69) is 33.0 Å². The number of hydrogen-bond donors (Lipinski definition) is 1. The zero-order valence-electron chi connectivity index (χ0n) is 12.0. The van der Waals surface area contributed by atoms with Crippen LogP contribution in [0.25, 0.3) is 0 Å². The van der Waals surface area contributed by atoms with Crippen LogP contribution in [0.2, 0.25) is 0 Å². The van der Waals surface area contributed by atoms with Gasteiger partial charge in [0.2, 0.25) is 5.95 Å². The number of anilines is 1. The first-order valence-corrected chi connectivity index (χ1v) is 7.81. The Hall–Kier alpha value is -1.03. The average molecular weight is 262 g/mol. The quantitative estimate of drug-likeness (QED) is 0.909. The minimum atomic E-state index is 0.590. The highest BCUT2D eigenvalue weighted by molar-refractivity contribution is 5.28. The van der Waals surface area contributed by atoms with Crippen LogP contribution in [0.4, 0.5) is 5.95 Å². The Morgan fingerprint density at radius 1 is 1.16 bits per heavy atom. The third kappa shape index (κ3) is 3.11. The van der Waals surface area contributed by atoms with Crippen LogP contribution in [0.1, 0.15) is 51.0 Å². The Morgan fingerprint density at radius 3 is 2.79 bits per heavy atom. The summed E-state index contributed by atoms with van der Waals surface area (Å²) in [6.45, 7) is 2.38. The molecule has 4 heteroatoms. The molecule has 0 radical (unpaired) electrons. The number of likely N-dealkylation sites (tertiary alicyclic amines) is 1. The summed E-state index contributed by atoms with van der Waals surface area (Å²) >= 11 is 0. The van der Waals surface area contributed by atoms with Crippen molar-refractivity contribution in [2.24, 2.45) is 0 Å². The fourth-order valence-electron chi connectivity index (χ4n) is 3.52. The summed E-state index contributed by atoms with van der Waals surface area (Å²) < 4.78 is 2.37. The highest BCUT2D eigenvalue weighted by Crippen LogP contribution is 2.26. The molecule has 0 spiro atoms. The lowest BCUT2D eigenvalue weighted by Crippen LogP contribution is -2.34. The Morgan fingerprint density at radius 2 is 2.00 bits per heavy atom. The summed E-state index contributed by atoms with van der Waals surface area (Å²) in [6, 6.07) is 1.23. The van der Waals surface area contributed by atoms with Crippen molar-refractivity contribution in [3.63, 3.8) is 0 Å². The van der Waals surface area contributed by atoms with Crippen LogP contribution in [0.5, 0.6) is 0 Å². The number of nitrogens with one attached hydrogen (secondary N) is 1. The van der Waals surface area contributed by atoms with Crippen LogP contribution in [0.3, 0.4) is 0 Å². The van der Waals surface area contributed by atoms with Crippen molar-refractivity contribution in [1.29, 1.82) is 0 Å². The minimum Gasteiger partial charge on any atom is -0.353 e. The second-order valence-electron chi connectivity index (χ2n) is 6.20. The van der Waals surface area contributed by atoms with Gasteiger partial charge in [-0.1, -0.05) is 19.3 Å². The molecule has 2 fully saturated rings. The van der Waals surface area contributed by atoms with Crippen LogP contribution in [-0.2, 0) is 0 Å². The number of imidazole rings is 1. The second kappa shape index (κ2) is 5.95. The van der Waals surface area contributed by atoms with Crippen LogP contribution >= 0.6 is 0 Å². The van der Waals surface area contributed by atoms with Crippen molar-refractivity contribution in [1.82, 2.24) is 14.5 Å². The molecule has 0 bridgehead atoms. The average Bonchev–Trinajstić information content (AvgIpc) is 2.88. The van der Waals surface area contributed by atoms with E-state index in [1.807, 2.05) is 6.20 Å². The Bertz CT molecular complexity index is 395. The van der Waals surface area contributed by atoms with Crippen molar-refractivity contribution in [2.45, 2.75) is 57.0 Å². The lowest BCUT2D eigenvalue weighted by atomic mass is 9.96. The molecule has 1 aromatic heterocycles. The first kappa shape index (κ1) is 13.0. The normalized spacial score (nSPS) is 26.5. The molecule has 3 rings (SSSR count). The maximum atomic E-state index is 4.54. The number of nitrogens with zero attached hydrogens (tertiary/aromatic N) is 3. The predicted molar refractivity (Wildman–Crippen MR) is 78.5 cm³/mol. The van der Waals surface area contributed by atoms with Gasteiger partial charge in [0, 0.05) is 31.0 Å². The number of aromatic nitrogens is 2. The first-order valence-electron chi connectivity index (χ1n) is 7.81. The largest absolute Gasteiger partial charge is 0.353 e. The molecule has 1 unspecified atom stereocenters. The first-order chi connectivity index (χ1) is 9.33. The topological polar surface area (TPSA) is 33.1 Å². The summed E-state index contributed by atoms with van der Waals surface area (Å²) in [6.07, 6.45) is 13.4. The molecular weight excluding hydrogens is 236 g/mol. The van der Waals surface area contributed by atoms with E-state index in [0.717, 1.165) is 12.5 Å². The molecule has 1 aromatic rings. The van der Waals surface area contributed by atoms with E-state index in [-0.39, 0.29) is 0 Å². The summed E-state index contributed by atoms with van der Waals surface area (Å²) in [7, 11) is 2.22. The van der Waals surface area contributed by atoms with Gasteiger partial charge in [0.1, 0.15) is 0 Å².